The fourth-order valence-electron chi connectivity index (χ4n) is 9.75. The van der Waals surface area contributed by atoms with Gasteiger partial charge in [-0.15, -0.1) is 0 Å². The standard InChI is InChI=1S/2C17H15.C6H13.3CH3.Hf.H2Si/c2*1-2-13-7-3-4-10-15(13)17-12-6-9-14-8-5-11-16(14)17;1-3-5-6-4-2;;;;;/h2*3-12H,2H2,1H3;1,3-6H2,2H3;3*1H3;;1H2. The normalized spacial score (nSPS) is 19.4. The van der Waals surface area contributed by atoms with E-state index in [1.54, 1.807) is 11.1 Å². The zero-order valence-corrected chi connectivity index (χ0v) is 33.7. The van der Waals surface area contributed by atoms with Crippen LogP contribution in [-0.2, 0) is 27.0 Å². The van der Waals surface area contributed by atoms with Gasteiger partial charge in [-0.3, -0.25) is 0 Å². The first kappa shape index (κ1) is 32.4. The minimum absolute atomic E-state index is 0.435. The van der Waals surface area contributed by atoms with Crippen molar-refractivity contribution in [2.75, 3.05) is 0 Å². The second-order valence-corrected chi connectivity index (χ2v) is 99.4. The third kappa shape index (κ3) is 5.19. The van der Waals surface area contributed by atoms with E-state index in [1.807, 2.05) is 0 Å². The number of fused-ring (bicyclic) bond motifs is 2. The molecule has 234 valence electrons. The molecule has 0 aliphatic heterocycles. The first-order valence-corrected chi connectivity index (χ1v) is 43.5. The van der Waals surface area contributed by atoms with E-state index in [9.17, 15) is 0 Å². The van der Waals surface area contributed by atoms with Gasteiger partial charge in [0.15, 0.2) is 0 Å². The molecule has 0 bridgehead atoms. The van der Waals surface area contributed by atoms with Crippen molar-refractivity contribution in [3.8, 4) is 22.3 Å². The molecule has 2 unspecified atom stereocenters. The van der Waals surface area contributed by atoms with E-state index in [-0.39, 0.29) is 0 Å². The van der Waals surface area contributed by atoms with Crippen LogP contribution < -0.4 is 0 Å². The van der Waals surface area contributed by atoms with Crippen LogP contribution in [0.2, 0.25) is 18.2 Å². The van der Waals surface area contributed by atoms with Crippen LogP contribution in [0, 0.1) is 0 Å². The molecule has 0 spiro atoms. The summed E-state index contributed by atoms with van der Waals surface area (Å²) in [6, 6.07) is 32.5. The zero-order valence-electron chi connectivity index (χ0n) is 28.7. The molecule has 0 heterocycles. The molecular formula is C43H54HfSi. The molecule has 0 nitrogen and oxygen atoms in total. The number of aryl methyl sites for hydroxylation is 2. The van der Waals surface area contributed by atoms with Crippen LogP contribution in [0.1, 0.15) is 87.2 Å². The van der Waals surface area contributed by atoms with Crippen molar-refractivity contribution in [2.24, 2.45) is 0 Å². The van der Waals surface area contributed by atoms with Gasteiger partial charge in [0, 0.05) is 0 Å². The Labute approximate surface area is 269 Å². The summed E-state index contributed by atoms with van der Waals surface area (Å²) >= 11 is -4.96. The predicted octanol–water partition coefficient (Wildman–Crippen LogP) is 12.4. The quantitative estimate of drug-likeness (QED) is 0.105. The number of rotatable bonds is 11. The summed E-state index contributed by atoms with van der Waals surface area (Å²) in [5, 5.41) is 0. The fourth-order valence-corrected chi connectivity index (χ4v) is 48.9. The van der Waals surface area contributed by atoms with Gasteiger partial charge < -0.3 is 0 Å². The fraction of sp³-hybridized carbons (Fsp3) is 0.349. The van der Waals surface area contributed by atoms with E-state index < -0.39 is 14.2 Å². The van der Waals surface area contributed by atoms with Gasteiger partial charge in [0.1, 0.15) is 0 Å². The molecule has 45 heavy (non-hydrogen) atoms. The van der Waals surface area contributed by atoms with Crippen LogP contribution in [0.4, 0.5) is 0 Å². The van der Waals surface area contributed by atoms with E-state index in [0.29, 0.717) is 7.35 Å². The Morgan fingerprint density at radius 2 is 0.978 bits per heavy atom. The maximum absolute atomic E-state index is 4.96. The Balaban J connectivity index is 1.57. The van der Waals surface area contributed by atoms with Crippen molar-refractivity contribution in [3.63, 3.8) is 0 Å². The van der Waals surface area contributed by atoms with Gasteiger partial charge >= 0.3 is 271 Å². The van der Waals surface area contributed by atoms with Gasteiger partial charge in [0.05, 0.1) is 0 Å². The topological polar surface area (TPSA) is 0 Å². The van der Waals surface area contributed by atoms with Crippen LogP contribution in [0.5, 0.6) is 0 Å². The number of unbranched alkanes of at least 4 members (excludes halogenated alkanes) is 3. The average molecular weight is 777 g/mol. The van der Waals surface area contributed by atoms with Crippen LogP contribution in [0.3, 0.4) is 0 Å². The Bertz CT molecular complexity index is 1840. The molecule has 4 aromatic carbocycles. The van der Waals surface area contributed by atoms with Crippen molar-refractivity contribution < 1.29 is 14.2 Å². The summed E-state index contributed by atoms with van der Waals surface area (Å²) in [6.07, 6.45) is 17.7. The minimum atomic E-state index is -4.96. The van der Waals surface area contributed by atoms with Gasteiger partial charge in [0.25, 0.3) is 0 Å². The number of allylic oxidation sites excluding steroid dienone is 2. The van der Waals surface area contributed by atoms with Crippen LogP contribution in [-0.4, -0.2) is 6.94 Å². The summed E-state index contributed by atoms with van der Waals surface area (Å²) < 4.78 is 10.8. The van der Waals surface area contributed by atoms with Crippen molar-refractivity contribution in [1.29, 1.82) is 0 Å². The summed E-state index contributed by atoms with van der Waals surface area (Å²) in [5.74, 6) is 0. The third-order valence-electron chi connectivity index (χ3n) is 12.6. The van der Waals surface area contributed by atoms with Gasteiger partial charge in [-0.05, 0) is 0 Å². The van der Waals surface area contributed by atoms with Gasteiger partial charge in [-0.2, -0.15) is 0 Å². The SMILES string of the molecule is CCCCC[CH2][Hf]([CH3])([CH3])([CH3])(=[SiH2])([CH]1C=Cc2c(-c3ccccc3CC)cccc21)[CH]1C=Cc2c(-c3ccccc3CC)cccc21. The van der Waals surface area contributed by atoms with Crippen molar-refractivity contribution in [3.05, 3.63) is 130 Å². The molecule has 0 N–H and O–H groups in total. The molecule has 0 aromatic heterocycles. The molecule has 4 aromatic rings. The molecule has 2 aliphatic rings. The van der Waals surface area contributed by atoms with Crippen LogP contribution in [0.15, 0.2) is 97.1 Å². The van der Waals surface area contributed by atoms with Crippen molar-refractivity contribution in [1.82, 2.24) is 0 Å². The van der Waals surface area contributed by atoms with E-state index >= 15 is 0 Å². The summed E-state index contributed by atoms with van der Waals surface area (Å²) in [6.45, 7) is 9.43. The molecule has 0 amide bonds. The Morgan fingerprint density at radius 3 is 1.42 bits per heavy atom. The molecule has 0 saturated heterocycles. The number of hydrogen-bond donors (Lipinski definition) is 0. The first-order valence-electron chi connectivity index (χ1n) is 17.7. The molecule has 6 rings (SSSR count). The third-order valence-corrected chi connectivity index (χ3v) is 58.6. The molecule has 2 atom stereocenters. The monoisotopic (exact) mass is 778 g/mol. The Kier molecular flexibility index (Phi) is 7.73. The molecule has 2 heteroatoms. The maximum atomic E-state index is 2.86. The van der Waals surface area contributed by atoms with Crippen LogP contribution in [0.25, 0.3) is 34.4 Å². The van der Waals surface area contributed by atoms with E-state index in [4.69, 9.17) is 0 Å². The molecule has 0 radical (unpaired) electrons. The van der Waals surface area contributed by atoms with E-state index in [1.165, 1.54) is 74.4 Å². The summed E-state index contributed by atoms with van der Waals surface area (Å²) in [4.78, 5) is 0. The van der Waals surface area contributed by atoms with Crippen LogP contribution >= 0.6 is 0 Å². The second-order valence-electron chi connectivity index (χ2n) is 17.7. The molecule has 0 fully saturated rings. The molecular weight excluding hydrogens is 723 g/mol. The Morgan fingerprint density at radius 1 is 0.533 bits per heavy atom. The summed E-state index contributed by atoms with van der Waals surface area (Å²) in [7, 11) is 0. The van der Waals surface area contributed by atoms with Gasteiger partial charge in [-0.25, -0.2) is 0 Å². The molecule has 2 aliphatic carbocycles. The van der Waals surface area contributed by atoms with E-state index in [0.717, 1.165) is 12.8 Å². The Hall–Kier alpha value is -2.55. The van der Waals surface area contributed by atoms with Gasteiger partial charge in [-0.1, -0.05) is 0 Å². The second kappa shape index (κ2) is 10.7. The molecule has 0 saturated carbocycles. The summed E-state index contributed by atoms with van der Waals surface area (Å²) in [5.41, 5.74) is 14.5. The van der Waals surface area contributed by atoms with Crippen molar-refractivity contribution in [2.45, 2.75) is 84.9 Å². The predicted molar refractivity (Wildman–Crippen MR) is 201 cm³/mol. The van der Waals surface area contributed by atoms with Crippen molar-refractivity contribution >= 4 is 19.1 Å². The first-order chi connectivity index (χ1) is 21.4. The average Bonchev–Trinajstić information content (AvgIpc) is 3.70. The number of hydrogen-bond acceptors (Lipinski definition) is 0. The van der Waals surface area contributed by atoms with E-state index in [2.05, 4.69) is 151 Å². The number of benzene rings is 4. The zero-order chi connectivity index (χ0) is 32.0. The van der Waals surface area contributed by atoms with Gasteiger partial charge in [0.2, 0.25) is 0 Å².